The Hall–Kier alpha value is -4.21. The van der Waals surface area contributed by atoms with Gasteiger partial charge < -0.3 is 19.3 Å². The molecule has 1 aliphatic heterocycles. The van der Waals surface area contributed by atoms with E-state index in [1.165, 1.54) is 31.4 Å². The summed E-state index contributed by atoms with van der Waals surface area (Å²) in [4.78, 5) is 49.7. The quantitative estimate of drug-likeness (QED) is 0.271. The van der Waals surface area contributed by atoms with E-state index in [-0.39, 0.29) is 18.2 Å². The molecule has 3 rings (SSSR count). The first kappa shape index (κ1) is 23.5. The summed E-state index contributed by atoms with van der Waals surface area (Å²) in [7, 11) is 1.30. The van der Waals surface area contributed by atoms with Crippen LogP contribution in [0.1, 0.15) is 15.9 Å². The summed E-state index contributed by atoms with van der Waals surface area (Å²) in [5.41, 5.74) is 1.97. The normalized spacial score (nSPS) is 13.6. The second kappa shape index (κ2) is 10.9. The summed E-state index contributed by atoms with van der Waals surface area (Å²) in [6.07, 6.45) is 2.74. The van der Waals surface area contributed by atoms with Crippen molar-refractivity contribution in [3.8, 4) is 0 Å². The van der Waals surface area contributed by atoms with Crippen LogP contribution >= 0.6 is 0 Å². The van der Waals surface area contributed by atoms with Crippen LogP contribution < -0.4 is 4.90 Å². The SMILES string of the molecule is COC(=O)c1ccc(/C=C/C(=O)OCC(=O)N2CCN(c3ccc([N+](=O)[O-])cc3)CC2)cc1. The van der Waals surface area contributed by atoms with Gasteiger partial charge in [-0.2, -0.15) is 0 Å². The molecule has 1 amide bonds. The van der Waals surface area contributed by atoms with Crippen LogP contribution in [-0.4, -0.2) is 67.6 Å². The minimum Gasteiger partial charge on any atom is -0.465 e. The summed E-state index contributed by atoms with van der Waals surface area (Å²) in [5.74, 6) is -1.38. The second-order valence-electron chi connectivity index (χ2n) is 7.20. The number of hydrogen-bond acceptors (Lipinski definition) is 8. The number of piperazine rings is 1. The zero-order valence-corrected chi connectivity index (χ0v) is 18.0. The lowest BCUT2D eigenvalue weighted by Crippen LogP contribution is -2.49. The first-order chi connectivity index (χ1) is 15.9. The molecule has 0 aliphatic carbocycles. The van der Waals surface area contributed by atoms with Crippen LogP contribution in [-0.2, 0) is 19.1 Å². The zero-order valence-electron chi connectivity index (χ0n) is 18.0. The van der Waals surface area contributed by atoms with Crippen LogP contribution in [0.15, 0.2) is 54.6 Å². The number of hydrogen-bond donors (Lipinski definition) is 0. The lowest BCUT2D eigenvalue weighted by atomic mass is 10.1. The summed E-state index contributed by atoms with van der Waals surface area (Å²) in [6.45, 7) is 1.69. The van der Waals surface area contributed by atoms with Gasteiger partial charge in [0.2, 0.25) is 0 Å². The summed E-state index contributed by atoms with van der Waals surface area (Å²) >= 11 is 0. The van der Waals surface area contributed by atoms with Crippen LogP contribution in [0.5, 0.6) is 0 Å². The molecular formula is C23H23N3O7. The monoisotopic (exact) mass is 453 g/mol. The third kappa shape index (κ3) is 6.39. The number of nitrogens with zero attached hydrogens (tertiary/aromatic N) is 3. The van der Waals surface area contributed by atoms with E-state index >= 15 is 0 Å². The van der Waals surface area contributed by atoms with Crippen molar-refractivity contribution in [3.63, 3.8) is 0 Å². The molecule has 0 radical (unpaired) electrons. The zero-order chi connectivity index (χ0) is 23.8. The maximum Gasteiger partial charge on any atom is 0.337 e. The Kier molecular flexibility index (Phi) is 7.74. The Morgan fingerprint density at radius 1 is 1.00 bits per heavy atom. The number of carbonyl (C=O) groups is 3. The van der Waals surface area contributed by atoms with Crippen LogP contribution in [0.25, 0.3) is 6.08 Å². The molecule has 0 aromatic heterocycles. The van der Waals surface area contributed by atoms with Crippen molar-refractivity contribution in [2.45, 2.75) is 0 Å². The molecule has 1 fully saturated rings. The summed E-state index contributed by atoms with van der Waals surface area (Å²) < 4.78 is 9.66. The third-order valence-electron chi connectivity index (χ3n) is 5.14. The van der Waals surface area contributed by atoms with Gasteiger partial charge in [0, 0.05) is 50.1 Å². The van der Waals surface area contributed by atoms with Gasteiger partial charge in [-0.25, -0.2) is 9.59 Å². The number of esters is 2. The van der Waals surface area contributed by atoms with Crippen LogP contribution in [0, 0.1) is 10.1 Å². The second-order valence-corrected chi connectivity index (χ2v) is 7.20. The van der Waals surface area contributed by atoms with Crippen molar-refractivity contribution < 1.29 is 28.8 Å². The van der Waals surface area contributed by atoms with Gasteiger partial charge in [-0.1, -0.05) is 12.1 Å². The smallest absolute Gasteiger partial charge is 0.337 e. The molecular weight excluding hydrogens is 430 g/mol. The molecule has 172 valence electrons. The molecule has 1 saturated heterocycles. The molecule has 0 saturated carbocycles. The van der Waals surface area contributed by atoms with E-state index in [0.29, 0.717) is 37.3 Å². The number of nitro groups is 1. The molecule has 0 bridgehead atoms. The van der Waals surface area contributed by atoms with Crippen LogP contribution in [0.4, 0.5) is 11.4 Å². The average molecular weight is 453 g/mol. The van der Waals surface area contributed by atoms with Gasteiger partial charge in [0.25, 0.3) is 11.6 Å². The van der Waals surface area contributed by atoms with Gasteiger partial charge in [0.05, 0.1) is 17.6 Å². The number of non-ortho nitro benzene ring substituents is 1. The number of nitro benzene ring substituents is 1. The fourth-order valence-electron chi connectivity index (χ4n) is 3.28. The highest BCUT2D eigenvalue weighted by molar-refractivity contribution is 5.91. The average Bonchev–Trinajstić information content (AvgIpc) is 2.86. The molecule has 0 unspecified atom stereocenters. The number of amides is 1. The van der Waals surface area contributed by atoms with Crippen molar-refractivity contribution in [1.29, 1.82) is 0 Å². The van der Waals surface area contributed by atoms with Crippen molar-refractivity contribution in [2.24, 2.45) is 0 Å². The van der Waals surface area contributed by atoms with E-state index < -0.39 is 16.9 Å². The number of anilines is 1. The minimum atomic E-state index is -0.648. The van der Waals surface area contributed by atoms with E-state index in [1.54, 1.807) is 41.3 Å². The molecule has 33 heavy (non-hydrogen) atoms. The van der Waals surface area contributed by atoms with Crippen molar-refractivity contribution >= 4 is 35.3 Å². The summed E-state index contributed by atoms with van der Waals surface area (Å²) in [5, 5.41) is 10.8. The number of carbonyl (C=O) groups excluding carboxylic acids is 3. The van der Waals surface area contributed by atoms with Crippen LogP contribution in [0.2, 0.25) is 0 Å². The molecule has 0 spiro atoms. The highest BCUT2D eigenvalue weighted by Crippen LogP contribution is 2.20. The largest absolute Gasteiger partial charge is 0.465 e. The lowest BCUT2D eigenvalue weighted by Gasteiger charge is -2.36. The fraction of sp³-hybridized carbons (Fsp3) is 0.261. The lowest BCUT2D eigenvalue weighted by molar-refractivity contribution is -0.384. The maximum absolute atomic E-state index is 12.4. The van der Waals surface area contributed by atoms with Crippen molar-refractivity contribution in [2.75, 3.05) is 44.8 Å². The third-order valence-corrected chi connectivity index (χ3v) is 5.14. The minimum absolute atomic E-state index is 0.0293. The molecule has 10 heteroatoms. The first-order valence-electron chi connectivity index (χ1n) is 10.2. The standard InChI is InChI=1S/C23H23N3O7/c1-32-23(29)18-5-2-17(3-6-18)4-11-22(28)33-16-21(27)25-14-12-24(13-15-25)19-7-9-20(10-8-19)26(30)31/h2-11H,12-16H2,1H3/b11-4+. The highest BCUT2D eigenvalue weighted by atomic mass is 16.6. The Morgan fingerprint density at radius 3 is 2.21 bits per heavy atom. The molecule has 2 aromatic carbocycles. The van der Waals surface area contributed by atoms with Crippen molar-refractivity contribution in [1.82, 2.24) is 4.90 Å². The van der Waals surface area contributed by atoms with Crippen LogP contribution in [0.3, 0.4) is 0 Å². The van der Waals surface area contributed by atoms with E-state index in [2.05, 4.69) is 4.74 Å². The predicted octanol–water partition coefficient (Wildman–Crippen LogP) is 2.29. The molecule has 1 aliphatic rings. The molecule has 1 heterocycles. The highest BCUT2D eigenvalue weighted by Gasteiger charge is 2.22. The fourth-order valence-corrected chi connectivity index (χ4v) is 3.28. The van der Waals surface area contributed by atoms with E-state index in [0.717, 1.165) is 5.69 Å². The predicted molar refractivity (Wildman–Crippen MR) is 120 cm³/mol. The maximum atomic E-state index is 12.4. The number of benzene rings is 2. The number of rotatable bonds is 7. The van der Waals surface area contributed by atoms with E-state index in [1.807, 2.05) is 4.90 Å². The van der Waals surface area contributed by atoms with E-state index in [9.17, 15) is 24.5 Å². The Labute approximate surface area is 190 Å². The van der Waals surface area contributed by atoms with Gasteiger partial charge in [0.1, 0.15) is 0 Å². The van der Waals surface area contributed by atoms with Gasteiger partial charge in [-0.15, -0.1) is 0 Å². The topological polar surface area (TPSA) is 119 Å². The Balaban J connectivity index is 1.42. The van der Waals surface area contributed by atoms with Gasteiger partial charge >= 0.3 is 11.9 Å². The molecule has 10 nitrogen and oxygen atoms in total. The number of methoxy groups -OCH3 is 1. The summed E-state index contributed by atoms with van der Waals surface area (Å²) in [6, 6.07) is 12.8. The number of ether oxygens (including phenoxy) is 2. The molecule has 0 atom stereocenters. The van der Waals surface area contributed by atoms with Gasteiger partial charge in [0.15, 0.2) is 6.61 Å². The van der Waals surface area contributed by atoms with Gasteiger partial charge in [-0.3, -0.25) is 14.9 Å². The Morgan fingerprint density at radius 2 is 1.64 bits per heavy atom. The Bertz CT molecular complexity index is 1040. The molecule has 0 N–H and O–H groups in total. The molecule has 2 aromatic rings. The van der Waals surface area contributed by atoms with Crippen molar-refractivity contribution in [3.05, 3.63) is 75.8 Å². The van der Waals surface area contributed by atoms with E-state index in [4.69, 9.17) is 4.74 Å². The van der Waals surface area contributed by atoms with Gasteiger partial charge in [-0.05, 0) is 35.9 Å². The first-order valence-corrected chi connectivity index (χ1v) is 10.2.